The molecule has 0 radical (unpaired) electrons. The summed E-state index contributed by atoms with van der Waals surface area (Å²) in [5.74, 6) is 2.55. The zero-order valence-corrected chi connectivity index (χ0v) is 12.4. The largest absolute Gasteiger partial charge is 0.493 e. The number of benzene rings is 1. The first-order chi connectivity index (χ1) is 9.56. The number of rotatable bonds is 5. The van der Waals surface area contributed by atoms with Gasteiger partial charge >= 0.3 is 0 Å². The summed E-state index contributed by atoms with van der Waals surface area (Å²) in [7, 11) is 3.23. The normalized spacial score (nSPS) is 10.8. The zero-order chi connectivity index (χ0) is 14.7. The second-order valence-electron chi connectivity index (χ2n) is 5.09. The van der Waals surface area contributed by atoms with Crippen molar-refractivity contribution in [2.75, 3.05) is 20.0 Å². The molecule has 0 atom stereocenters. The van der Waals surface area contributed by atoms with Crippen molar-refractivity contribution in [2.24, 2.45) is 5.92 Å². The maximum absolute atomic E-state index is 6.17. The van der Waals surface area contributed by atoms with Gasteiger partial charge in [-0.3, -0.25) is 0 Å². The molecular weight excluding hydrogens is 254 g/mol. The Morgan fingerprint density at radius 2 is 1.90 bits per heavy atom. The molecule has 1 heterocycles. The highest BCUT2D eigenvalue weighted by Crippen LogP contribution is 2.33. The van der Waals surface area contributed by atoms with E-state index in [9.17, 15) is 0 Å². The van der Waals surface area contributed by atoms with Crippen LogP contribution >= 0.6 is 0 Å². The second kappa shape index (κ2) is 5.86. The van der Waals surface area contributed by atoms with Crippen molar-refractivity contribution in [3.05, 3.63) is 24.5 Å². The summed E-state index contributed by atoms with van der Waals surface area (Å²) in [4.78, 5) is 4.41. The summed E-state index contributed by atoms with van der Waals surface area (Å²) in [6.07, 6.45) is 1.78. The fraction of sp³-hybridized carbons (Fsp3) is 0.400. The molecule has 2 aromatic rings. The summed E-state index contributed by atoms with van der Waals surface area (Å²) < 4.78 is 12.5. The number of methoxy groups -OCH3 is 2. The number of anilines is 1. The molecule has 108 valence electrons. The van der Waals surface area contributed by atoms with E-state index in [0.717, 1.165) is 17.8 Å². The maximum Gasteiger partial charge on any atom is 0.161 e. The monoisotopic (exact) mass is 275 g/mol. The molecule has 2 N–H and O–H groups in total. The van der Waals surface area contributed by atoms with Crippen molar-refractivity contribution in [1.29, 1.82) is 0 Å². The van der Waals surface area contributed by atoms with Crippen molar-refractivity contribution in [3.8, 4) is 22.8 Å². The van der Waals surface area contributed by atoms with E-state index in [-0.39, 0.29) is 0 Å². The van der Waals surface area contributed by atoms with E-state index in [1.54, 1.807) is 20.5 Å². The summed E-state index contributed by atoms with van der Waals surface area (Å²) in [6, 6.07) is 5.67. The highest BCUT2D eigenvalue weighted by atomic mass is 16.5. The van der Waals surface area contributed by atoms with E-state index in [1.165, 1.54) is 0 Å². The molecule has 0 saturated heterocycles. The quantitative estimate of drug-likeness (QED) is 0.911. The van der Waals surface area contributed by atoms with Crippen LogP contribution in [0.25, 0.3) is 11.3 Å². The summed E-state index contributed by atoms with van der Waals surface area (Å²) in [5.41, 5.74) is 7.86. The Hall–Kier alpha value is -2.17. The average Bonchev–Trinajstić information content (AvgIpc) is 2.79. The number of nitrogens with zero attached hydrogens (tertiary/aromatic N) is 2. The number of ether oxygens (including phenoxy) is 2. The van der Waals surface area contributed by atoms with E-state index in [2.05, 4.69) is 18.8 Å². The number of hydrogen-bond acceptors (Lipinski definition) is 4. The Morgan fingerprint density at radius 3 is 2.50 bits per heavy atom. The van der Waals surface area contributed by atoms with Gasteiger partial charge in [-0.15, -0.1) is 0 Å². The lowest BCUT2D eigenvalue weighted by atomic mass is 10.1. The van der Waals surface area contributed by atoms with Crippen LogP contribution in [0.3, 0.4) is 0 Å². The van der Waals surface area contributed by atoms with Gasteiger partial charge in [-0.2, -0.15) is 0 Å². The van der Waals surface area contributed by atoms with Crippen LogP contribution in [0.15, 0.2) is 24.5 Å². The molecule has 0 spiro atoms. The van der Waals surface area contributed by atoms with E-state index in [1.807, 2.05) is 22.8 Å². The van der Waals surface area contributed by atoms with Crippen LogP contribution in [-0.4, -0.2) is 23.8 Å². The van der Waals surface area contributed by atoms with Crippen LogP contribution in [0, 0.1) is 5.92 Å². The molecule has 5 heteroatoms. The Morgan fingerprint density at radius 1 is 1.20 bits per heavy atom. The first-order valence-electron chi connectivity index (χ1n) is 6.59. The predicted octanol–water partition coefficient (Wildman–Crippen LogP) is 2.81. The minimum absolute atomic E-state index is 0.518. The van der Waals surface area contributed by atoms with Crippen molar-refractivity contribution < 1.29 is 9.47 Å². The van der Waals surface area contributed by atoms with Crippen LogP contribution in [0.1, 0.15) is 13.8 Å². The van der Waals surface area contributed by atoms with Gasteiger partial charge in [0.25, 0.3) is 0 Å². The van der Waals surface area contributed by atoms with Gasteiger partial charge in [0.05, 0.1) is 20.5 Å². The van der Waals surface area contributed by atoms with Gasteiger partial charge in [0, 0.05) is 12.1 Å². The number of imidazole rings is 1. The van der Waals surface area contributed by atoms with Crippen molar-refractivity contribution in [3.63, 3.8) is 0 Å². The van der Waals surface area contributed by atoms with Crippen LogP contribution in [0.2, 0.25) is 0 Å². The number of nitrogens with two attached hydrogens (primary N) is 1. The second-order valence-corrected chi connectivity index (χ2v) is 5.09. The standard InChI is InChI=1S/C15H21N3O2/c1-10(2)8-18-9-17-14(15(18)16)11-5-6-12(19-3)13(7-11)20-4/h5-7,9-10H,8,16H2,1-4H3. The summed E-state index contributed by atoms with van der Waals surface area (Å²) >= 11 is 0. The van der Waals surface area contributed by atoms with Crippen molar-refractivity contribution in [1.82, 2.24) is 9.55 Å². The lowest BCUT2D eigenvalue weighted by molar-refractivity contribution is 0.355. The molecular formula is C15H21N3O2. The van der Waals surface area contributed by atoms with Gasteiger partial charge < -0.3 is 19.8 Å². The zero-order valence-electron chi connectivity index (χ0n) is 12.4. The van der Waals surface area contributed by atoms with Gasteiger partial charge in [0.15, 0.2) is 11.5 Å². The smallest absolute Gasteiger partial charge is 0.161 e. The Labute approximate surface area is 119 Å². The SMILES string of the molecule is COc1ccc(-c2ncn(CC(C)C)c2N)cc1OC. The topological polar surface area (TPSA) is 62.3 Å². The van der Waals surface area contributed by atoms with Gasteiger partial charge in [-0.05, 0) is 24.1 Å². The Kier molecular flexibility index (Phi) is 4.17. The minimum Gasteiger partial charge on any atom is -0.493 e. The van der Waals surface area contributed by atoms with Crippen LogP contribution in [0.5, 0.6) is 11.5 Å². The van der Waals surface area contributed by atoms with Crippen molar-refractivity contribution in [2.45, 2.75) is 20.4 Å². The molecule has 0 bridgehead atoms. The number of nitrogen functional groups attached to an aromatic ring is 1. The molecule has 5 nitrogen and oxygen atoms in total. The Balaban J connectivity index is 2.39. The first-order valence-corrected chi connectivity index (χ1v) is 6.59. The van der Waals surface area contributed by atoms with E-state index < -0.39 is 0 Å². The molecule has 0 unspecified atom stereocenters. The van der Waals surface area contributed by atoms with Gasteiger partial charge in [-0.25, -0.2) is 4.98 Å². The fourth-order valence-corrected chi connectivity index (χ4v) is 2.14. The highest BCUT2D eigenvalue weighted by molar-refractivity contribution is 5.72. The third-order valence-electron chi connectivity index (χ3n) is 3.10. The number of hydrogen-bond donors (Lipinski definition) is 1. The van der Waals surface area contributed by atoms with E-state index in [0.29, 0.717) is 23.2 Å². The van der Waals surface area contributed by atoms with Crippen molar-refractivity contribution >= 4 is 5.82 Å². The molecule has 0 fully saturated rings. The molecule has 0 aliphatic heterocycles. The van der Waals surface area contributed by atoms with Crippen LogP contribution in [0.4, 0.5) is 5.82 Å². The molecule has 0 aliphatic carbocycles. The highest BCUT2D eigenvalue weighted by Gasteiger charge is 2.13. The molecule has 1 aromatic carbocycles. The van der Waals surface area contributed by atoms with Gasteiger partial charge in [0.1, 0.15) is 11.5 Å². The van der Waals surface area contributed by atoms with Gasteiger partial charge in [-0.1, -0.05) is 13.8 Å². The lowest BCUT2D eigenvalue weighted by Gasteiger charge is -2.10. The van der Waals surface area contributed by atoms with Crippen LogP contribution in [-0.2, 0) is 6.54 Å². The number of aromatic nitrogens is 2. The van der Waals surface area contributed by atoms with Gasteiger partial charge in [0.2, 0.25) is 0 Å². The summed E-state index contributed by atoms with van der Waals surface area (Å²) in [5, 5.41) is 0. The molecule has 0 amide bonds. The first kappa shape index (κ1) is 14.2. The third-order valence-corrected chi connectivity index (χ3v) is 3.10. The average molecular weight is 275 g/mol. The van der Waals surface area contributed by atoms with E-state index in [4.69, 9.17) is 15.2 Å². The maximum atomic E-state index is 6.17. The third kappa shape index (κ3) is 2.71. The molecule has 1 aromatic heterocycles. The lowest BCUT2D eigenvalue weighted by Crippen LogP contribution is -2.06. The molecule has 20 heavy (non-hydrogen) atoms. The Bertz CT molecular complexity index is 591. The fourth-order valence-electron chi connectivity index (χ4n) is 2.14. The summed E-state index contributed by atoms with van der Waals surface area (Å²) in [6.45, 7) is 5.15. The predicted molar refractivity (Wildman–Crippen MR) is 80.0 cm³/mol. The molecule has 2 rings (SSSR count). The van der Waals surface area contributed by atoms with E-state index >= 15 is 0 Å². The molecule has 0 saturated carbocycles. The minimum atomic E-state index is 0.518. The van der Waals surface area contributed by atoms with Crippen LogP contribution < -0.4 is 15.2 Å². The molecule has 0 aliphatic rings.